The van der Waals surface area contributed by atoms with Crippen molar-refractivity contribution >= 4 is 29.4 Å². The zero-order valence-corrected chi connectivity index (χ0v) is 12.4. The van der Waals surface area contributed by atoms with Crippen LogP contribution in [0.5, 0.6) is 0 Å². The SMILES string of the molecule is CCNc1nc(Cl)nc(N2CCC(NC(C)=O)CC2)n1. The Labute approximate surface area is 123 Å². The van der Waals surface area contributed by atoms with Gasteiger partial charge in [0.1, 0.15) is 0 Å². The second-order valence-electron chi connectivity index (χ2n) is 4.72. The minimum Gasteiger partial charge on any atom is -0.354 e. The molecule has 1 fully saturated rings. The lowest BCUT2D eigenvalue weighted by atomic mass is 10.1. The van der Waals surface area contributed by atoms with E-state index in [2.05, 4.69) is 30.5 Å². The van der Waals surface area contributed by atoms with Gasteiger partial charge in [-0.2, -0.15) is 15.0 Å². The number of aromatic nitrogens is 3. The van der Waals surface area contributed by atoms with Crippen molar-refractivity contribution in [3.8, 4) is 0 Å². The van der Waals surface area contributed by atoms with E-state index in [-0.39, 0.29) is 17.2 Å². The average molecular weight is 299 g/mol. The lowest BCUT2D eigenvalue weighted by molar-refractivity contribution is -0.119. The van der Waals surface area contributed by atoms with Gasteiger partial charge in [-0.05, 0) is 31.4 Å². The van der Waals surface area contributed by atoms with Crippen LogP contribution in [0.4, 0.5) is 11.9 Å². The number of hydrogen-bond donors (Lipinski definition) is 2. The van der Waals surface area contributed by atoms with E-state index >= 15 is 0 Å². The van der Waals surface area contributed by atoms with Gasteiger partial charge >= 0.3 is 0 Å². The van der Waals surface area contributed by atoms with Gasteiger partial charge in [-0.1, -0.05) is 0 Å². The summed E-state index contributed by atoms with van der Waals surface area (Å²) in [5.74, 6) is 1.09. The summed E-state index contributed by atoms with van der Waals surface area (Å²) in [6, 6.07) is 0.231. The van der Waals surface area contributed by atoms with Crippen LogP contribution in [0.1, 0.15) is 26.7 Å². The van der Waals surface area contributed by atoms with Crippen LogP contribution in [0.25, 0.3) is 0 Å². The van der Waals surface area contributed by atoms with Gasteiger partial charge in [0, 0.05) is 32.6 Å². The molecule has 2 heterocycles. The molecule has 1 aromatic rings. The summed E-state index contributed by atoms with van der Waals surface area (Å²) in [7, 11) is 0. The Morgan fingerprint density at radius 1 is 1.35 bits per heavy atom. The van der Waals surface area contributed by atoms with Crippen molar-refractivity contribution in [1.82, 2.24) is 20.3 Å². The highest BCUT2D eigenvalue weighted by Gasteiger charge is 2.22. The number of hydrogen-bond acceptors (Lipinski definition) is 6. The van der Waals surface area contributed by atoms with Crippen LogP contribution in [-0.2, 0) is 4.79 Å². The van der Waals surface area contributed by atoms with Gasteiger partial charge in [-0.3, -0.25) is 4.79 Å². The summed E-state index contributed by atoms with van der Waals surface area (Å²) < 4.78 is 0. The fraction of sp³-hybridized carbons (Fsp3) is 0.667. The van der Waals surface area contributed by atoms with Crippen molar-refractivity contribution in [1.29, 1.82) is 0 Å². The molecule has 1 aliphatic heterocycles. The van der Waals surface area contributed by atoms with Gasteiger partial charge in [0.05, 0.1) is 0 Å². The molecule has 1 aliphatic rings. The summed E-state index contributed by atoms with van der Waals surface area (Å²) in [6.45, 7) is 5.81. The summed E-state index contributed by atoms with van der Waals surface area (Å²) in [5, 5.41) is 6.16. The standard InChI is InChI=1S/C12H19ClN6O/c1-3-14-11-16-10(13)17-12(18-11)19-6-4-9(5-7-19)15-8(2)20/h9H,3-7H2,1-2H3,(H,15,20)(H,14,16,17,18). The second kappa shape index (κ2) is 6.69. The minimum atomic E-state index is 0.0149. The maximum absolute atomic E-state index is 11.0. The molecule has 0 saturated carbocycles. The molecule has 0 aliphatic carbocycles. The zero-order valence-electron chi connectivity index (χ0n) is 11.7. The highest BCUT2D eigenvalue weighted by Crippen LogP contribution is 2.18. The van der Waals surface area contributed by atoms with Crippen LogP contribution >= 0.6 is 11.6 Å². The number of amides is 1. The molecule has 7 nitrogen and oxygen atoms in total. The molecule has 1 amide bonds. The van der Waals surface area contributed by atoms with Gasteiger partial charge < -0.3 is 15.5 Å². The number of carbonyl (C=O) groups is 1. The number of nitrogens with one attached hydrogen (secondary N) is 2. The van der Waals surface area contributed by atoms with Crippen LogP contribution < -0.4 is 15.5 Å². The maximum Gasteiger partial charge on any atom is 0.231 e. The summed E-state index contributed by atoms with van der Waals surface area (Å²) in [6.07, 6.45) is 1.75. The highest BCUT2D eigenvalue weighted by atomic mass is 35.5. The number of nitrogens with zero attached hydrogens (tertiary/aromatic N) is 4. The van der Waals surface area contributed by atoms with E-state index in [0.717, 1.165) is 32.5 Å². The van der Waals surface area contributed by atoms with E-state index in [1.807, 2.05) is 6.92 Å². The van der Waals surface area contributed by atoms with E-state index in [0.29, 0.717) is 11.9 Å². The quantitative estimate of drug-likeness (QED) is 0.865. The predicted octanol–water partition coefficient (Wildman–Crippen LogP) is 1.06. The van der Waals surface area contributed by atoms with Crippen molar-refractivity contribution in [3.05, 3.63) is 5.28 Å². The van der Waals surface area contributed by atoms with Crippen LogP contribution in [0.2, 0.25) is 5.28 Å². The molecule has 20 heavy (non-hydrogen) atoms. The first-order valence-corrected chi connectivity index (χ1v) is 7.13. The lowest BCUT2D eigenvalue weighted by Crippen LogP contribution is -2.44. The summed E-state index contributed by atoms with van der Waals surface area (Å²) in [5.41, 5.74) is 0. The van der Waals surface area contributed by atoms with E-state index in [4.69, 9.17) is 11.6 Å². The summed E-state index contributed by atoms with van der Waals surface area (Å²) >= 11 is 5.92. The minimum absolute atomic E-state index is 0.0149. The molecule has 1 aromatic heterocycles. The Kier molecular flexibility index (Phi) is 4.94. The van der Waals surface area contributed by atoms with Crippen LogP contribution in [0.3, 0.4) is 0 Å². The van der Waals surface area contributed by atoms with Crippen molar-refractivity contribution in [2.45, 2.75) is 32.7 Å². The van der Waals surface area contributed by atoms with Crippen molar-refractivity contribution in [3.63, 3.8) is 0 Å². The number of halogens is 1. The third-order valence-electron chi connectivity index (χ3n) is 3.12. The molecule has 0 aromatic carbocycles. The number of carbonyl (C=O) groups excluding carboxylic acids is 1. The molecule has 1 saturated heterocycles. The molecule has 0 unspecified atom stereocenters. The Morgan fingerprint density at radius 2 is 2.05 bits per heavy atom. The van der Waals surface area contributed by atoms with Gasteiger partial charge in [0.2, 0.25) is 23.1 Å². The van der Waals surface area contributed by atoms with E-state index < -0.39 is 0 Å². The Morgan fingerprint density at radius 3 is 2.65 bits per heavy atom. The van der Waals surface area contributed by atoms with Crippen molar-refractivity contribution < 1.29 is 4.79 Å². The van der Waals surface area contributed by atoms with E-state index in [1.54, 1.807) is 6.92 Å². The lowest BCUT2D eigenvalue weighted by Gasteiger charge is -2.32. The number of anilines is 2. The molecule has 110 valence electrons. The van der Waals surface area contributed by atoms with Crippen LogP contribution in [-0.4, -0.2) is 46.5 Å². The molecule has 0 atom stereocenters. The Bertz CT molecular complexity index is 475. The smallest absolute Gasteiger partial charge is 0.231 e. The third-order valence-corrected chi connectivity index (χ3v) is 3.29. The molecule has 8 heteroatoms. The van der Waals surface area contributed by atoms with Gasteiger partial charge in [0.25, 0.3) is 0 Å². The highest BCUT2D eigenvalue weighted by molar-refractivity contribution is 6.28. The van der Waals surface area contributed by atoms with Crippen molar-refractivity contribution in [2.24, 2.45) is 0 Å². The first kappa shape index (κ1) is 14.8. The largest absolute Gasteiger partial charge is 0.354 e. The fourth-order valence-electron chi connectivity index (χ4n) is 2.23. The van der Waals surface area contributed by atoms with Crippen LogP contribution in [0.15, 0.2) is 0 Å². The first-order valence-electron chi connectivity index (χ1n) is 6.76. The van der Waals surface area contributed by atoms with Gasteiger partial charge in [-0.25, -0.2) is 0 Å². The molecule has 2 rings (SSSR count). The zero-order chi connectivity index (χ0) is 14.5. The second-order valence-corrected chi connectivity index (χ2v) is 5.06. The first-order chi connectivity index (χ1) is 9.58. The molecular weight excluding hydrogens is 280 g/mol. The monoisotopic (exact) mass is 298 g/mol. The Hall–Kier alpha value is -1.63. The third kappa shape index (κ3) is 3.93. The summed E-state index contributed by atoms with van der Waals surface area (Å²) in [4.78, 5) is 25.6. The van der Waals surface area contributed by atoms with E-state index in [1.165, 1.54) is 0 Å². The number of rotatable bonds is 4. The normalized spacial score (nSPS) is 16.1. The average Bonchev–Trinajstić information content (AvgIpc) is 2.38. The molecule has 0 radical (unpaired) electrons. The van der Waals surface area contributed by atoms with Gasteiger partial charge in [-0.15, -0.1) is 0 Å². The molecule has 0 spiro atoms. The van der Waals surface area contributed by atoms with Crippen LogP contribution in [0, 0.1) is 0 Å². The van der Waals surface area contributed by atoms with Gasteiger partial charge in [0.15, 0.2) is 0 Å². The topological polar surface area (TPSA) is 83.0 Å². The molecular formula is C12H19ClN6O. The molecule has 0 bridgehead atoms. The maximum atomic E-state index is 11.0. The molecule has 2 N–H and O–H groups in total. The fourth-order valence-corrected chi connectivity index (χ4v) is 2.39. The predicted molar refractivity (Wildman–Crippen MR) is 78.1 cm³/mol. The van der Waals surface area contributed by atoms with Crippen molar-refractivity contribution in [2.75, 3.05) is 29.9 Å². The van der Waals surface area contributed by atoms with E-state index in [9.17, 15) is 4.79 Å². The Balaban J connectivity index is 2.01. The number of piperidine rings is 1.